The van der Waals surface area contributed by atoms with Gasteiger partial charge in [0, 0.05) is 9.90 Å². The largest absolute Gasteiger partial charge is 0.484 e. The summed E-state index contributed by atoms with van der Waals surface area (Å²) >= 11 is 7.32. The molecule has 1 N–H and O–H groups in total. The number of halogens is 1. The summed E-state index contributed by atoms with van der Waals surface area (Å²) in [4.78, 5) is 12.5. The van der Waals surface area contributed by atoms with Gasteiger partial charge in [-0.25, -0.2) is 5.43 Å². The van der Waals surface area contributed by atoms with Gasteiger partial charge in [-0.15, -0.1) is 11.3 Å². The third kappa shape index (κ3) is 4.36. The van der Waals surface area contributed by atoms with Crippen molar-refractivity contribution in [2.45, 2.75) is 6.92 Å². The summed E-state index contributed by atoms with van der Waals surface area (Å²) in [5.41, 5.74) is 3.55. The van der Waals surface area contributed by atoms with Gasteiger partial charge >= 0.3 is 0 Å². The Labute approximate surface area is 126 Å². The van der Waals surface area contributed by atoms with Gasteiger partial charge in [-0.2, -0.15) is 5.10 Å². The topological polar surface area (TPSA) is 50.7 Å². The van der Waals surface area contributed by atoms with E-state index in [4.69, 9.17) is 16.3 Å². The average molecular weight is 309 g/mol. The van der Waals surface area contributed by atoms with Crippen LogP contribution >= 0.6 is 22.9 Å². The van der Waals surface area contributed by atoms with E-state index in [0.29, 0.717) is 10.8 Å². The van der Waals surface area contributed by atoms with Crippen LogP contribution in [0.4, 0.5) is 0 Å². The Morgan fingerprint density at radius 3 is 2.80 bits per heavy atom. The van der Waals surface area contributed by atoms with Crippen molar-refractivity contribution in [1.82, 2.24) is 5.43 Å². The number of carbonyl (C=O) groups excluding carboxylic acids is 1. The van der Waals surface area contributed by atoms with Crippen LogP contribution in [0, 0.1) is 6.92 Å². The second kappa shape index (κ2) is 7.07. The Balaban J connectivity index is 1.77. The van der Waals surface area contributed by atoms with Gasteiger partial charge in [0.1, 0.15) is 5.75 Å². The van der Waals surface area contributed by atoms with E-state index in [0.717, 1.165) is 10.4 Å². The van der Waals surface area contributed by atoms with Crippen molar-refractivity contribution in [3.05, 3.63) is 51.2 Å². The molecule has 0 fully saturated rings. The molecule has 0 bridgehead atoms. The van der Waals surface area contributed by atoms with Crippen molar-refractivity contribution >= 4 is 35.1 Å². The molecule has 1 amide bonds. The lowest BCUT2D eigenvalue weighted by Gasteiger charge is -2.04. The fourth-order valence-corrected chi connectivity index (χ4v) is 2.30. The maximum atomic E-state index is 11.5. The Hall–Kier alpha value is -1.85. The van der Waals surface area contributed by atoms with Crippen molar-refractivity contribution in [1.29, 1.82) is 0 Å². The third-order valence-electron chi connectivity index (χ3n) is 2.46. The van der Waals surface area contributed by atoms with Crippen LogP contribution in [0.15, 0.2) is 40.8 Å². The zero-order chi connectivity index (χ0) is 14.4. The van der Waals surface area contributed by atoms with Crippen molar-refractivity contribution < 1.29 is 9.53 Å². The van der Waals surface area contributed by atoms with E-state index < -0.39 is 0 Å². The normalized spacial score (nSPS) is 10.7. The van der Waals surface area contributed by atoms with Crippen molar-refractivity contribution in [3.8, 4) is 5.75 Å². The molecule has 20 heavy (non-hydrogen) atoms. The van der Waals surface area contributed by atoms with Crippen LogP contribution in [0.2, 0.25) is 5.02 Å². The van der Waals surface area contributed by atoms with Crippen LogP contribution in [0.1, 0.15) is 10.4 Å². The van der Waals surface area contributed by atoms with Crippen LogP contribution in [0.3, 0.4) is 0 Å². The lowest BCUT2D eigenvalue weighted by molar-refractivity contribution is -0.123. The molecule has 0 aliphatic heterocycles. The molecule has 2 rings (SSSR count). The van der Waals surface area contributed by atoms with E-state index >= 15 is 0 Å². The lowest BCUT2D eigenvalue weighted by Crippen LogP contribution is -2.24. The summed E-state index contributed by atoms with van der Waals surface area (Å²) in [6, 6.07) is 8.80. The Morgan fingerprint density at radius 1 is 1.40 bits per heavy atom. The quantitative estimate of drug-likeness (QED) is 0.681. The van der Waals surface area contributed by atoms with E-state index in [9.17, 15) is 4.79 Å². The number of hydrogen-bond donors (Lipinski definition) is 1. The molecular weight excluding hydrogens is 296 g/mol. The summed E-state index contributed by atoms with van der Waals surface area (Å²) in [6.45, 7) is 1.89. The first kappa shape index (κ1) is 14.6. The highest BCUT2D eigenvalue weighted by molar-refractivity contribution is 7.11. The second-order valence-electron chi connectivity index (χ2n) is 4.00. The summed E-state index contributed by atoms with van der Waals surface area (Å²) in [5.74, 6) is 0.271. The molecular formula is C14H13ClN2O2S. The standard InChI is InChI=1S/C14H13ClN2O2S/c1-10-6-7-20-13(10)8-16-17-14(18)9-19-12-4-2-11(15)3-5-12/h2-8H,9H2,1H3,(H,17,18)/b16-8+. The number of nitrogens with one attached hydrogen (secondary N) is 1. The number of hydrazone groups is 1. The maximum absolute atomic E-state index is 11.5. The molecule has 0 atom stereocenters. The molecule has 0 saturated carbocycles. The number of benzene rings is 1. The Kier molecular flexibility index (Phi) is 5.15. The zero-order valence-electron chi connectivity index (χ0n) is 10.8. The molecule has 104 valence electrons. The van der Waals surface area contributed by atoms with Gasteiger partial charge in [-0.3, -0.25) is 4.79 Å². The third-order valence-corrected chi connectivity index (χ3v) is 3.66. The van der Waals surface area contributed by atoms with Gasteiger partial charge in [0.2, 0.25) is 0 Å². The average Bonchev–Trinajstić information content (AvgIpc) is 2.84. The van der Waals surface area contributed by atoms with Gasteiger partial charge in [-0.1, -0.05) is 11.6 Å². The van der Waals surface area contributed by atoms with E-state index in [2.05, 4.69) is 10.5 Å². The highest BCUT2D eigenvalue weighted by Gasteiger charge is 2.01. The van der Waals surface area contributed by atoms with Gasteiger partial charge in [-0.05, 0) is 48.2 Å². The summed E-state index contributed by atoms with van der Waals surface area (Å²) in [7, 11) is 0. The number of hydrogen-bond acceptors (Lipinski definition) is 4. The predicted octanol–water partition coefficient (Wildman–Crippen LogP) is 3.24. The molecule has 0 spiro atoms. The van der Waals surface area contributed by atoms with Gasteiger partial charge < -0.3 is 4.74 Å². The van der Waals surface area contributed by atoms with Crippen LogP contribution in [0.25, 0.3) is 0 Å². The number of carbonyl (C=O) groups is 1. The predicted molar refractivity (Wildman–Crippen MR) is 81.7 cm³/mol. The molecule has 0 unspecified atom stereocenters. The first-order chi connectivity index (χ1) is 9.65. The highest BCUT2D eigenvalue weighted by Crippen LogP contribution is 2.15. The first-order valence-corrected chi connectivity index (χ1v) is 7.15. The smallest absolute Gasteiger partial charge is 0.277 e. The van der Waals surface area contributed by atoms with Crippen LogP contribution in [-0.4, -0.2) is 18.7 Å². The number of aryl methyl sites for hydroxylation is 1. The maximum Gasteiger partial charge on any atom is 0.277 e. The number of thiophene rings is 1. The molecule has 1 aromatic heterocycles. The van der Waals surface area contributed by atoms with E-state index in [1.165, 1.54) is 0 Å². The number of ether oxygens (including phenoxy) is 1. The highest BCUT2D eigenvalue weighted by atomic mass is 35.5. The van der Waals surface area contributed by atoms with Gasteiger partial charge in [0.05, 0.1) is 6.21 Å². The second-order valence-corrected chi connectivity index (χ2v) is 5.39. The van der Waals surface area contributed by atoms with Crippen LogP contribution in [0.5, 0.6) is 5.75 Å². The fourth-order valence-electron chi connectivity index (χ4n) is 1.39. The lowest BCUT2D eigenvalue weighted by atomic mass is 10.3. The summed E-state index contributed by atoms with van der Waals surface area (Å²) in [6.07, 6.45) is 1.63. The molecule has 0 aliphatic carbocycles. The molecule has 4 nitrogen and oxygen atoms in total. The van der Waals surface area contributed by atoms with E-state index in [-0.39, 0.29) is 12.5 Å². The Morgan fingerprint density at radius 2 is 2.15 bits per heavy atom. The summed E-state index contributed by atoms with van der Waals surface area (Å²) < 4.78 is 5.29. The van der Waals surface area contributed by atoms with Crippen molar-refractivity contribution in [2.75, 3.05) is 6.61 Å². The number of rotatable bonds is 5. The van der Waals surface area contributed by atoms with Gasteiger partial charge in [0.15, 0.2) is 6.61 Å². The molecule has 0 saturated heterocycles. The van der Waals surface area contributed by atoms with Gasteiger partial charge in [0.25, 0.3) is 5.91 Å². The Bertz CT molecular complexity index is 608. The number of nitrogens with zero attached hydrogens (tertiary/aromatic N) is 1. The fraction of sp³-hybridized carbons (Fsp3) is 0.143. The zero-order valence-corrected chi connectivity index (χ0v) is 12.4. The summed E-state index contributed by atoms with van der Waals surface area (Å²) in [5, 5.41) is 6.48. The minimum atomic E-state index is -0.314. The SMILES string of the molecule is Cc1ccsc1/C=N/NC(=O)COc1ccc(Cl)cc1. The van der Waals surface area contributed by atoms with Crippen LogP contribution < -0.4 is 10.2 Å². The van der Waals surface area contributed by atoms with Crippen LogP contribution in [-0.2, 0) is 4.79 Å². The first-order valence-electron chi connectivity index (χ1n) is 5.89. The number of amides is 1. The molecule has 0 aliphatic rings. The molecule has 6 heteroatoms. The van der Waals surface area contributed by atoms with E-state index in [1.807, 2.05) is 18.4 Å². The minimum absolute atomic E-state index is 0.0948. The minimum Gasteiger partial charge on any atom is -0.484 e. The van der Waals surface area contributed by atoms with Crippen molar-refractivity contribution in [3.63, 3.8) is 0 Å². The van der Waals surface area contributed by atoms with Crippen molar-refractivity contribution in [2.24, 2.45) is 5.10 Å². The van der Waals surface area contributed by atoms with E-state index in [1.54, 1.807) is 41.8 Å². The molecule has 1 heterocycles. The monoisotopic (exact) mass is 308 g/mol. The molecule has 2 aromatic rings. The molecule has 0 radical (unpaired) electrons. The molecule has 1 aromatic carbocycles.